The van der Waals surface area contributed by atoms with Crippen molar-refractivity contribution >= 4 is 17.6 Å². The van der Waals surface area contributed by atoms with Crippen LogP contribution in [0.2, 0.25) is 0 Å². The van der Waals surface area contributed by atoms with Crippen LogP contribution in [-0.4, -0.2) is 21.3 Å². The molecule has 0 unspecified atom stereocenters. The second-order valence-corrected chi connectivity index (χ2v) is 5.81. The molecule has 1 aliphatic carbocycles. The Bertz CT molecular complexity index is 826. The summed E-state index contributed by atoms with van der Waals surface area (Å²) in [5, 5.41) is 2.92. The number of anilines is 1. The minimum Gasteiger partial charge on any atom is -0.384 e. The number of nitrogens with two attached hydrogens (primary N) is 1. The Balaban J connectivity index is 0.00000225. The van der Waals surface area contributed by atoms with E-state index in [1.165, 1.54) is 12.1 Å². The van der Waals surface area contributed by atoms with Crippen molar-refractivity contribution in [1.82, 2.24) is 9.55 Å². The first-order valence-corrected chi connectivity index (χ1v) is 7.56. The van der Waals surface area contributed by atoms with Crippen molar-refractivity contribution in [3.05, 3.63) is 60.4 Å². The highest BCUT2D eigenvalue weighted by atomic mass is 19.1. The number of benzene rings is 1. The van der Waals surface area contributed by atoms with Crippen molar-refractivity contribution in [2.24, 2.45) is 17.8 Å². The van der Waals surface area contributed by atoms with E-state index in [-0.39, 0.29) is 13.1 Å². The summed E-state index contributed by atoms with van der Waals surface area (Å²) in [5.74, 6) is -0.0824. The van der Waals surface area contributed by atoms with Gasteiger partial charge < -0.3 is 15.6 Å². The molecule has 0 aliphatic heterocycles. The van der Waals surface area contributed by atoms with Gasteiger partial charge in [0.2, 0.25) is 0 Å². The predicted octanol–water partition coefficient (Wildman–Crippen LogP) is 2.35. The third kappa shape index (κ3) is 3.19. The highest BCUT2D eigenvalue weighted by Gasteiger charge is 2.52. The van der Waals surface area contributed by atoms with Crippen molar-refractivity contribution in [2.75, 3.05) is 5.32 Å². The maximum Gasteiger partial charge on any atom is 0.258 e. The molecule has 126 valence electrons. The van der Waals surface area contributed by atoms with Gasteiger partial charge in [0.25, 0.3) is 5.91 Å². The number of hydrogen-bond donors (Lipinski definition) is 2. The summed E-state index contributed by atoms with van der Waals surface area (Å²) in [4.78, 5) is 20.4. The molecule has 0 atom stereocenters. The Morgan fingerprint density at radius 2 is 2.25 bits per heavy atom. The number of amidine groups is 1. The highest BCUT2D eigenvalue weighted by Crippen LogP contribution is 2.50. The average Bonchev–Trinajstić information content (AvgIpc) is 3.25. The van der Waals surface area contributed by atoms with Gasteiger partial charge in [0, 0.05) is 26.4 Å². The van der Waals surface area contributed by atoms with E-state index < -0.39 is 11.3 Å². The zero-order chi connectivity index (χ0) is 17.2. The SMILES string of the molecule is Cn1cnc(N/C=C\C(N)=NC(=O)C2(c3ccccc3F)CC2)c1.[HH]. The van der Waals surface area contributed by atoms with E-state index in [2.05, 4.69) is 15.3 Å². The molecule has 1 aromatic heterocycles. The second kappa shape index (κ2) is 6.27. The molecule has 3 N–H and O–H groups in total. The number of aromatic nitrogens is 2. The van der Waals surface area contributed by atoms with Gasteiger partial charge in [0.15, 0.2) is 0 Å². The van der Waals surface area contributed by atoms with Crippen molar-refractivity contribution in [3.8, 4) is 0 Å². The number of nitrogens with zero attached hydrogens (tertiary/aromatic N) is 3. The molecule has 1 aromatic carbocycles. The first kappa shape index (κ1) is 15.9. The number of carbonyl (C=O) groups excluding carboxylic acids is 1. The van der Waals surface area contributed by atoms with E-state index in [1.807, 2.05) is 7.05 Å². The number of nitrogens with one attached hydrogen (secondary N) is 1. The third-order valence-corrected chi connectivity index (χ3v) is 3.97. The van der Waals surface area contributed by atoms with Crippen LogP contribution < -0.4 is 11.1 Å². The molecule has 0 saturated heterocycles. The van der Waals surface area contributed by atoms with E-state index in [1.54, 1.807) is 41.5 Å². The van der Waals surface area contributed by atoms with E-state index in [0.29, 0.717) is 24.2 Å². The van der Waals surface area contributed by atoms with Crippen LogP contribution in [0.25, 0.3) is 0 Å². The maximum absolute atomic E-state index is 14.0. The third-order valence-electron chi connectivity index (χ3n) is 3.97. The van der Waals surface area contributed by atoms with Crippen LogP contribution in [0.4, 0.5) is 10.2 Å². The monoisotopic (exact) mass is 329 g/mol. The second-order valence-electron chi connectivity index (χ2n) is 5.81. The Labute approximate surface area is 140 Å². The predicted molar refractivity (Wildman–Crippen MR) is 92.0 cm³/mol. The van der Waals surface area contributed by atoms with E-state index in [0.717, 1.165) is 0 Å². The minimum atomic E-state index is -0.863. The molecule has 1 amide bonds. The van der Waals surface area contributed by atoms with Crippen molar-refractivity contribution < 1.29 is 10.6 Å². The molecule has 0 bridgehead atoms. The molecular weight excluding hydrogens is 309 g/mol. The lowest BCUT2D eigenvalue weighted by Gasteiger charge is -2.12. The normalized spacial score (nSPS) is 16.3. The molecule has 24 heavy (non-hydrogen) atoms. The number of carbonyl (C=O) groups is 1. The number of hydrogen-bond acceptors (Lipinski definition) is 3. The first-order chi connectivity index (χ1) is 11.5. The highest BCUT2D eigenvalue weighted by molar-refractivity contribution is 6.04. The summed E-state index contributed by atoms with van der Waals surface area (Å²) in [6.07, 6.45) is 7.64. The topological polar surface area (TPSA) is 85.3 Å². The summed E-state index contributed by atoms with van der Waals surface area (Å²) >= 11 is 0. The van der Waals surface area contributed by atoms with Crippen LogP contribution in [0.3, 0.4) is 0 Å². The molecule has 1 fully saturated rings. The molecular formula is C17H20FN5O. The minimum absolute atomic E-state index is 0. The quantitative estimate of drug-likeness (QED) is 0.651. The average molecular weight is 329 g/mol. The van der Waals surface area contributed by atoms with Crippen molar-refractivity contribution in [3.63, 3.8) is 0 Å². The number of aliphatic imine (C=N–C) groups is 1. The molecule has 0 radical (unpaired) electrons. The fourth-order valence-corrected chi connectivity index (χ4v) is 2.53. The number of rotatable bonds is 5. The van der Waals surface area contributed by atoms with E-state index in [4.69, 9.17) is 5.73 Å². The van der Waals surface area contributed by atoms with Gasteiger partial charge in [-0.3, -0.25) is 4.79 Å². The van der Waals surface area contributed by atoms with Gasteiger partial charge in [0.1, 0.15) is 17.5 Å². The molecule has 0 spiro atoms. The first-order valence-electron chi connectivity index (χ1n) is 7.56. The lowest BCUT2D eigenvalue weighted by Crippen LogP contribution is -2.23. The van der Waals surface area contributed by atoms with Gasteiger partial charge in [0.05, 0.1) is 11.7 Å². The summed E-state index contributed by atoms with van der Waals surface area (Å²) in [5.41, 5.74) is 5.30. The van der Waals surface area contributed by atoms with E-state index >= 15 is 0 Å². The number of amides is 1. The number of halogens is 1. The molecule has 3 rings (SSSR count). The Kier molecular flexibility index (Phi) is 4.16. The van der Waals surface area contributed by atoms with Gasteiger partial charge in [-0.15, -0.1) is 0 Å². The van der Waals surface area contributed by atoms with Crippen LogP contribution in [0, 0.1) is 5.82 Å². The Hall–Kier alpha value is -2.96. The Morgan fingerprint density at radius 1 is 1.50 bits per heavy atom. The van der Waals surface area contributed by atoms with Gasteiger partial charge in [-0.05, 0) is 25.0 Å². The fraction of sp³-hybridized carbons (Fsp3) is 0.235. The standard InChI is InChI=1S/C17H18FN5O.H2/c1-23-10-15(21-11-23)20-9-6-14(19)22-16(24)17(7-8-17)12-4-2-3-5-13(12)18;/h2-6,9-11,20H,7-8H2,1H3,(H2,19,22,24);1H/b9-6-;. The number of aryl methyl sites for hydroxylation is 1. The van der Waals surface area contributed by atoms with Crippen LogP contribution in [0.15, 0.2) is 54.1 Å². The van der Waals surface area contributed by atoms with Crippen molar-refractivity contribution in [1.29, 1.82) is 0 Å². The smallest absolute Gasteiger partial charge is 0.258 e. The molecule has 1 aliphatic rings. The largest absolute Gasteiger partial charge is 0.384 e. The lowest BCUT2D eigenvalue weighted by atomic mass is 9.94. The van der Waals surface area contributed by atoms with Crippen LogP contribution in [0.1, 0.15) is 19.8 Å². The van der Waals surface area contributed by atoms with Gasteiger partial charge >= 0.3 is 0 Å². The molecule has 1 heterocycles. The summed E-state index contributed by atoms with van der Waals surface area (Å²) in [7, 11) is 1.86. The Morgan fingerprint density at radius 3 is 2.88 bits per heavy atom. The van der Waals surface area contributed by atoms with Gasteiger partial charge in [-0.25, -0.2) is 9.37 Å². The van der Waals surface area contributed by atoms with Crippen molar-refractivity contribution in [2.45, 2.75) is 18.3 Å². The molecule has 2 aromatic rings. The zero-order valence-corrected chi connectivity index (χ0v) is 13.2. The lowest BCUT2D eigenvalue weighted by molar-refractivity contribution is -0.120. The summed E-state index contributed by atoms with van der Waals surface area (Å²) in [6.45, 7) is 0. The zero-order valence-electron chi connectivity index (χ0n) is 13.2. The van der Waals surface area contributed by atoms with Crippen LogP contribution in [0.5, 0.6) is 0 Å². The van der Waals surface area contributed by atoms with Gasteiger partial charge in [-0.1, -0.05) is 18.2 Å². The molecule has 6 nitrogen and oxygen atoms in total. The fourth-order valence-electron chi connectivity index (χ4n) is 2.53. The summed E-state index contributed by atoms with van der Waals surface area (Å²) in [6, 6.07) is 6.30. The molecule has 1 saturated carbocycles. The summed E-state index contributed by atoms with van der Waals surface area (Å²) < 4.78 is 15.7. The molecule has 7 heteroatoms. The maximum atomic E-state index is 14.0. The van der Waals surface area contributed by atoms with E-state index in [9.17, 15) is 9.18 Å². The van der Waals surface area contributed by atoms with Crippen LogP contribution in [-0.2, 0) is 17.3 Å². The van der Waals surface area contributed by atoms with Crippen LogP contribution >= 0.6 is 0 Å². The number of imidazole rings is 1. The van der Waals surface area contributed by atoms with Gasteiger partial charge in [-0.2, -0.15) is 4.99 Å².